The van der Waals surface area contributed by atoms with Gasteiger partial charge in [0.25, 0.3) is 0 Å². The number of piperidine rings is 1. The Balaban J connectivity index is 1.70. The van der Waals surface area contributed by atoms with Crippen LogP contribution in [0.25, 0.3) is 0 Å². The minimum Gasteiger partial charge on any atom is -0.349 e. The van der Waals surface area contributed by atoms with Gasteiger partial charge >= 0.3 is 0 Å². The van der Waals surface area contributed by atoms with Crippen LogP contribution in [0.2, 0.25) is 0 Å². The molecule has 0 spiro atoms. The molecule has 160 valence electrons. The van der Waals surface area contributed by atoms with Crippen molar-refractivity contribution in [1.82, 2.24) is 29.2 Å². The van der Waals surface area contributed by atoms with Gasteiger partial charge in [0.1, 0.15) is 4.90 Å². The van der Waals surface area contributed by atoms with Crippen molar-refractivity contribution < 1.29 is 13.2 Å². The fraction of sp³-hybridized carbons (Fsp3) is 0.632. The van der Waals surface area contributed by atoms with E-state index in [0.717, 1.165) is 17.8 Å². The molecule has 1 aliphatic rings. The van der Waals surface area contributed by atoms with Crippen molar-refractivity contribution in [3.8, 4) is 0 Å². The average Bonchev–Trinajstić information content (AvgIpc) is 3.24. The predicted molar refractivity (Wildman–Crippen MR) is 109 cm³/mol. The molecule has 2 aromatic rings. The van der Waals surface area contributed by atoms with Crippen LogP contribution in [0, 0.1) is 19.8 Å². The third-order valence-electron chi connectivity index (χ3n) is 5.70. The van der Waals surface area contributed by atoms with Crippen LogP contribution in [-0.2, 0) is 28.4 Å². The summed E-state index contributed by atoms with van der Waals surface area (Å²) < 4.78 is 30.9. The number of carbonyl (C=O) groups excluding carboxylic acids is 1. The highest BCUT2D eigenvalue weighted by molar-refractivity contribution is 7.89. The zero-order valence-corrected chi connectivity index (χ0v) is 18.5. The van der Waals surface area contributed by atoms with E-state index in [0.29, 0.717) is 25.1 Å². The fourth-order valence-corrected chi connectivity index (χ4v) is 5.48. The van der Waals surface area contributed by atoms with Crippen molar-refractivity contribution in [1.29, 1.82) is 0 Å². The van der Waals surface area contributed by atoms with E-state index >= 15 is 0 Å². The highest BCUT2D eigenvalue weighted by atomic mass is 32.2. The second-order valence-electron chi connectivity index (χ2n) is 7.68. The van der Waals surface area contributed by atoms with Gasteiger partial charge in [-0.25, -0.2) is 8.42 Å². The highest BCUT2D eigenvalue weighted by Gasteiger charge is 2.35. The molecule has 3 heterocycles. The monoisotopic (exact) mass is 422 g/mol. The van der Waals surface area contributed by atoms with Crippen molar-refractivity contribution in [3.05, 3.63) is 29.3 Å². The molecule has 0 bridgehead atoms. The van der Waals surface area contributed by atoms with Crippen LogP contribution >= 0.6 is 0 Å². The van der Waals surface area contributed by atoms with Crippen LogP contribution in [-0.4, -0.2) is 51.3 Å². The van der Waals surface area contributed by atoms with E-state index in [4.69, 9.17) is 0 Å². The van der Waals surface area contributed by atoms with E-state index in [1.165, 1.54) is 10.5 Å². The Morgan fingerprint density at radius 3 is 2.69 bits per heavy atom. The van der Waals surface area contributed by atoms with Crippen molar-refractivity contribution >= 4 is 15.9 Å². The van der Waals surface area contributed by atoms with E-state index in [2.05, 4.69) is 15.5 Å². The smallest absolute Gasteiger partial charge is 0.246 e. The molecule has 29 heavy (non-hydrogen) atoms. The van der Waals surface area contributed by atoms with E-state index in [-0.39, 0.29) is 29.3 Å². The lowest BCUT2D eigenvalue weighted by Gasteiger charge is -2.31. The number of amides is 1. The minimum absolute atomic E-state index is 0.121. The first-order chi connectivity index (χ1) is 13.6. The predicted octanol–water partition coefficient (Wildman–Crippen LogP) is 1.53. The minimum atomic E-state index is -3.67. The standard InChI is InChI=1S/C19H30N6O3S/c1-6-24-12-17(14(3)22-24)13(2)21-19(26)16-8-7-9-25(11-16)29(27,28)18-10-20-23(5)15(18)4/h10,12-13,16H,6-9,11H2,1-5H3,(H,21,26). The van der Waals surface area contributed by atoms with Crippen molar-refractivity contribution in [2.45, 2.75) is 58.0 Å². The number of hydrogen-bond acceptors (Lipinski definition) is 5. The molecule has 1 aliphatic heterocycles. The second kappa shape index (κ2) is 8.27. The third-order valence-corrected chi connectivity index (χ3v) is 7.66. The molecule has 0 radical (unpaired) electrons. The first-order valence-corrected chi connectivity index (χ1v) is 11.4. The molecule has 2 unspecified atom stereocenters. The Bertz CT molecular complexity index is 994. The molecule has 1 saturated heterocycles. The van der Waals surface area contributed by atoms with Gasteiger partial charge in [-0.05, 0) is 40.5 Å². The molecule has 2 atom stereocenters. The molecule has 3 rings (SSSR count). The topological polar surface area (TPSA) is 102 Å². The molecule has 2 aromatic heterocycles. The number of nitrogens with zero attached hydrogens (tertiary/aromatic N) is 5. The average molecular weight is 423 g/mol. The van der Waals surface area contributed by atoms with Crippen LogP contribution in [0.5, 0.6) is 0 Å². The number of nitrogens with one attached hydrogen (secondary N) is 1. The number of hydrogen-bond donors (Lipinski definition) is 1. The maximum Gasteiger partial charge on any atom is 0.246 e. The summed E-state index contributed by atoms with van der Waals surface area (Å²) in [4.78, 5) is 13.1. The maximum absolute atomic E-state index is 13.0. The summed E-state index contributed by atoms with van der Waals surface area (Å²) in [6, 6.07) is -0.185. The van der Waals surface area contributed by atoms with Crippen LogP contribution < -0.4 is 5.32 Å². The third kappa shape index (κ3) is 4.23. The Morgan fingerprint density at radius 2 is 2.10 bits per heavy atom. The molecule has 0 aromatic carbocycles. The molecular weight excluding hydrogens is 392 g/mol. The molecule has 1 fully saturated rings. The lowest BCUT2D eigenvalue weighted by molar-refractivity contribution is -0.126. The maximum atomic E-state index is 13.0. The van der Waals surface area contributed by atoms with Gasteiger partial charge in [0.15, 0.2) is 0 Å². The van der Waals surface area contributed by atoms with Crippen LogP contribution in [0.3, 0.4) is 0 Å². The summed E-state index contributed by atoms with van der Waals surface area (Å²) in [5.74, 6) is -0.497. The summed E-state index contributed by atoms with van der Waals surface area (Å²) in [7, 11) is -1.96. The molecule has 1 amide bonds. The SMILES string of the molecule is CCn1cc(C(C)NC(=O)C2CCCN(S(=O)(=O)c3cnn(C)c3C)C2)c(C)n1. The van der Waals surface area contributed by atoms with Crippen molar-refractivity contribution in [2.24, 2.45) is 13.0 Å². The zero-order valence-electron chi connectivity index (χ0n) is 17.7. The lowest BCUT2D eigenvalue weighted by atomic mass is 9.98. The molecule has 0 saturated carbocycles. The quantitative estimate of drug-likeness (QED) is 0.761. The lowest BCUT2D eigenvalue weighted by Crippen LogP contribution is -2.45. The first-order valence-electron chi connectivity index (χ1n) is 9.98. The second-order valence-corrected chi connectivity index (χ2v) is 9.58. The van der Waals surface area contributed by atoms with E-state index < -0.39 is 10.0 Å². The largest absolute Gasteiger partial charge is 0.349 e. The molecule has 10 heteroatoms. The summed E-state index contributed by atoms with van der Waals surface area (Å²) in [6.45, 7) is 8.97. The Hall–Kier alpha value is -2.20. The fourth-order valence-electron chi connectivity index (χ4n) is 3.77. The summed E-state index contributed by atoms with van der Waals surface area (Å²) in [5.41, 5.74) is 2.46. The first kappa shape index (κ1) is 21.5. The van der Waals surface area contributed by atoms with Gasteiger partial charge in [0.05, 0.1) is 29.5 Å². The molecule has 0 aliphatic carbocycles. The Labute approximate surface area is 172 Å². The molecule has 1 N–H and O–H groups in total. The Morgan fingerprint density at radius 1 is 1.38 bits per heavy atom. The number of carbonyl (C=O) groups is 1. The van der Waals surface area contributed by atoms with Gasteiger partial charge in [-0.1, -0.05) is 0 Å². The number of aromatic nitrogens is 4. The van der Waals surface area contributed by atoms with Gasteiger partial charge in [0.2, 0.25) is 15.9 Å². The van der Waals surface area contributed by atoms with E-state index in [1.807, 2.05) is 31.6 Å². The van der Waals surface area contributed by atoms with Crippen molar-refractivity contribution in [3.63, 3.8) is 0 Å². The van der Waals surface area contributed by atoms with Crippen LogP contribution in [0.15, 0.2) is 17.3 Å². The summed E-state index contributed by atoms with van der Waals surface area (Å²) in [5, 5.41) is 11.5. The normalized spacial score (nSPS) is 19.3. The van der Waals surface area contributed by atoms with E-state index in [9.17, 15) is 13.2 Å². The number of rotatable bonds is 6. The van der Waals surface area contributed by atoms with E-state index in [1.54, 1.807) is 18.7 Å². The Kier molecular flexibility index (Phi) is 6.13. The van der Waals surface area contributed by atoms with Crippen molar-refractivity contribution in [2.75, 3.05) is 13.1 Å². The summed E-state index contributed by atoms with van der Waals surface area (Å²) in [6.07, 6.45) is 4.65. The number of sulfonamides is 1. The van der Waals surface area contributed by atoms with Crippen LogP contribution in [0.1, 0.15) is 49.7 Å². The highest BCUT2D eigenvalue weighted by Crippen LogP contribution is 2.26. The van der Waals surface area contributed by atoms with Gasteiger partial charge < -0.3 is 5.32 Å². The van der Waals surface area contributed by atoms with Gasteiger partial charge in [0, 0.05) is 38.4 Å². The van der Waals surface area contributed by atoms with Gasteiger partial charge in [-0.2, -0.15) is 14.5 Å². The molecule has 9 nitrogen and oxygen atoms in total. The molecular formula is C19H30N6O3S. The number of aryl methyl sites for hydroxylation is 3. The summed E-state index contributed by atoms with van der Waals surface area (Å²) >= 11 is 0. The van der Waals surface area contributed by atoms with Gasteiger partial charge in [-0.15, -0.1) is 0 Å². The zero-order chi connectivity index (χ0) is 21.3. The van der Waals surface area contributed by atoms with Gasteiger partial charge in [-0.3, -0.25) is 14.2 Å². The van der Waals surface area contributed by atoms with Crippen LogP contribution in [0.4, 0.5) is 0 Å².